The molecule has 0 spiro atoms. The van der Waals surface area contributed by atoms with Crippen LogP contribution in [0.25, 0.3) is 0 Å². The van der Waals surface area contributed by atoms with E-state index in [9.17, 15) is 0 Å². The van der Waals surface area contributed by atoms with Crippen LogP contribution >= 0.6 is 0 Å². The molecule has 0 aromatic heterocycles. The quantitative estimate of drug-likeness (QED) is 0.836. The minimum Gasteiger partial charge on any atom is -0.492 e. The van der Waals surface area contributed by atoms with Crippen molar-refractivity contribution in [1.82, 2.24) is 0 Å². The van der Waals surface area contributed by atoms with Crippen molar-refractivity contribution in [2.75, 3.05) is 6.61 Å². The van der Waals surface area contributed by atoms with E-state index in [4.69, 9.17) is 10.5 Å². The van der Waals surface area contributed by atoms with Crippen LogP contribution in [0.5, 0.6) is 5.75 Å². The Morgan fingerprint density at radius 3 is 2.14 bits per heavy atom. The standard InChI is InChI=1S/C19H31NO/c1-18(2,3)13-19(4,5)15-8-10-16(11-9-15)21-12-17(20)14-6-7-14/h8-11,14,17H,6-7,12-13,20H2,1-5H3. The molecule has 0 aliphatic heterocycles. The van der Waals surface area contributed by atoms with E-state index < -0.39 is 0 Å². The van der Waals surface area contributed by atoms with Gasteiger partial charge in [0.05, 0.1) is 0 Å². The summed E-state index contributed by atoms with van der Waals surface area (Å²) in [6.07, 6.45) is 3.70. The first-order valence-corrected chi connectivity index (χ1v) is 8.16. The lowest BCUT2D eigenvalue weighted by atomic mass is 9.72. The number of ether oxygens (including phenoxy) is 1. The molecule has 118 valence electrons. The number of hydrogen-bond acceptors (Lipinski definition) is 2. The first kappa shape index (κ1) is 16.4. The third kappa shape index (κ3) is 5.03. The average Bonchev–Trinajstić information content (AvgIpc) is 3.17. The Morgan fingerprint density at radius 2 is 1.67 bits per heavy atom. The highest BCUT2D eigenvalue weighted by molar-refractivity contribution is 5.31. The lowest BCUT2D eigenvalue weighted by Gasteiger charge is -2.33. The lowest BCUT2D eigenvalue weighted by Crippen LogP contribution is -2.29. The fourth-order valence-corrected chi connectivity index (χ4v) is 3.28. The third-order valence-corrected chi connectivity index (χ3v) is 4.28. The fraction of sp³-hybridized carbons (Fsp3) is 0.684. The summed E-state index contributed by atoms with van der Waals surface area (Å²) >= 11 is 0. The van der Waals surface area contributed by atoms with Crippen LogP contribution in [-0.4, -0.2) is 12.6 Å². The first-order valence-electron chi connectivity index (χ1n) is 8.16. The van der Waals surface area contributed by atoms with Gasteiger partial charge >= 0.3 is 0 Å². The van der Waals surface area contributed by atoms with Crippen LogP contribution in [-0.2, 0) is 5.41 Å². The second kappa shape index (κ2) is 6.00. The second-order valence-corrected chi connectivity index (χ2v) is 8.46. The Hall–Kier alpha value is -1.02. The number of benzene rings is 1. The van der Waals surface area contributed by atoms with Crippen molar-refractivity contribution in [3.05, 3.63) is 29.8 Å². The predicted molar refractivity (Wildman–Crippen MR) is 89.7 cm³/mol. The highest BCUT2D eigenvalue weighted by atomic mass is 16.5. The summed E-state index contributed by atoms with van der Waals surface area (Å²) < 4.78 is 5.81. The normalized spacial score (nSPS) is 17.6. The minimum atomic E-state index is 0.182. The van der Waals surface area contributed by atoms with E-state index >= 15 is 0 Å². The smallest absolute Gasteiger partial charge is 0.119 e. The van der Waals surface area contributed by atoms with Crippen molar-refractivity contribution in [2.45, 2.75) is 65.3 Å². The van der Waals surface area contributed by atoms with Gasteiger partial charge in [0.1, 0.15) is 12.4 Å². The van der Waals surface area contributed by atoms with E-state index in [1.54, 1.807) is 0 Å². The van der Waals surface area contributed by atoms with Gasteiger partial charge in [0.2, 0.25) is 0 Å². The molecule has 1 unspecified atom stereocenters. The fourth-order valence-electron chi connectivity index (χ4n) is 3.28. The third-order valence-electron chi connectivity index (χ3n) is 4.28. The van der Waals surface area contributed by atoms with Crippen molar-refractivity contribution in [1.29, 1.82) is 0 Å². The van der Waals surface area contributed by atoms with Crippen molar-refractivity contribution in [3.8, 4) is 5.75 Å². The minimum absolute atomic E-state index is 0.182. The zero-order valence-corrected chi connectivity index (χ0v) is 14.3. The average molecular weight is 289 g/mol. The van der Waals surface area contributed by atoms with Gasteiger partial charge in [0.25, 0.3) is 0 Å². The molecule has 0 heterocycles. The Morgan fingerprint density at radius 1 is 1.10 bits per heavy atom. The van der Waals surface area contributed by atoms with E-state index in [1.165, 1.54) is 18.4 Å². The summed E-state index contributed by atoms with van der Waals surface area (Å²) in [4.78, 5) is 0. The SMILES string of the molecule is CC(C)(C)CC(C)(C)c1ccc(OCC(N)C2CC2)cc1. The zero-order valence-electron chi connectivity index (χ0n) is 14.3. The predicted octanol–water partition coefficient (Wildman–Crippen LogP) is 4.52. The van der Waals surface area contributed by atoms with E-state index in [2.05, 4.69) is 58.9 Å². The molecule has 1 aromatic rings. The Kier molecular flexibility index (Phi) is 4.67. The van der Waals surface area contributed by atoms with Crippen LogP contribution in [0.3, 0.4) is 0 Å². The van der Waals surface area contributed by atoms with Gasteiger partial charge in [-0.1, -0.05) is 46.8 Å². The molecule has 1 atom stereocenters. The van der Waals surface area contributed by atoms with Crippen molar-refractivity contribution in [3.63, 3.8) is 0 Å². The van der Waals surface area contributed by atoms with Crippen molar-refractivity contribution < 1.29 is 4.74 Å². The van der Waals surface area contributed by atoms with Crippen LogP contribution in [0.4, 0.5) is 0 Å². The maximum Gasteiger partial charge on any atom is 0.119 e. The monoisotopic (exact) mass is 289 g/mol. The molecule has 1 saturated carbocycles. The molecule has 0 amide bonds. The molecule has 2 N–H and O–H groups in total. The molecule has 1 aliphatic rings. The molecule has 2 nitrogen and oxygen atoms in total. The van der Waals surface area contributed by atoms with Crippen molar-refractivity contribution >= 4 is 0 Å². The summed E-state index contributed by atoms with van der Waals surface area (Å²) in [6, 6.07) is 8.76. The Balaban J connectivity index is 1.94. The van der Waals surface area contributed by atoms with Crippen LogP contribution in [0, 0.1) is 11.3 Å². The Labute approximate surface area is 130 Å². The molecule has 2 rings (SSSR count). The van der Waals surface area contributed by atoms with Crippen LogP contribution in [0.2, 0.25) is 0 Å². The van der Waals surface area contributed by atoms with E-state index in [-0.39, 0.29) is 11.5 Å². The summed E-state index contributed by atoms with van der Waals surface area (Å²) in [7, 11) is 0. The van der Waals surface area contributed by atoms with Gasteiger partial charge in [-0.25, -0.2) is 0 Å². The lowest BCUT2D eigenvalue weighted by molar-refractivity contribution is 0.274. The van der Waals surface area contributed by atoms with Gasteiger partial charge in [0, 0.05) is 6.04 Å². The summed E-state index contributed by atoms with van der Waals surface area (Å²) in [5, 5.41) is 0. The van der Waals surface area contributed by atoms with E-state index in [1.807, 2.05) is 0 Å². The summed E-state index contributed by atoms with van der Waals surface area (Å²) in [5.41, 5.74) is 7.95. The van der Waals surface area contributed by atoms with Gasteiger partial charge in [-0.05, 0) is 53.7 Å². The van der Waals surface area contributed by atoms with Gasteiger partial charge in [-0.2, -0.15) is 0 Å². The molecule has 21 heavy (non-hydrogen) atoms. The molecule has 2 heteroatoms. The van der Waals surface area contributed by atoms with Crippen LogP contribution in [0.1, 0.15) is 59.4 Å². The maximum absolute atomic E-state index is 6.07. The van der Waals surface area contributed by atoms with E-state index in [0.29, 0.717) is 17.9 Å². The maximum atomic E-state index is 6.07. The molecular formula is C19H31NO. The molecule has 0 radical (unpaired) electrons. The van der Waals surface area contributed by atoms with Gasteiger partial charge in [-0.3, -0.25) is 0 Å². The molecule has 1 fully saturated rings. The molecular weight excluding hydrogens is 258 g/mol. The van der Waals surface area contributed by atoms with E-state index in [0.717, 1.165) is 12.2 Å². The highest BCUT2D eigenvalue weighted by Crippen LogP contribution is 2.36. The number of rotatable bonds is 6. The highest BCUT2D eigenvalue weighted by Gasteiger charge is 2.29. The van der Waals surface area contributed by atoms with Crippen molar-refractivity contribution in [2.24, 2.45) is 17.1 Å². The zero-order chi connectivity index (χ0) is 15.7. The molecule has 1 aliphatic carbocycles. The molecule has 1 aromatic carbocycles. The number of hydrogen-bond donors (Lipinski definition) is 1. The molecule has 0 bridgehead atoms. The number of nitrogens with two attached hydrogens (primary N) is 1. The summed E-state index contributed by atoms with van der Waals surface area (Å²) in [6.45, 7) is 12.2. The van der Waals surface area contributed by atoms with Crippen LogP contribution < -0.4 is 10.5 Å². The largest absolute Gasteiger partial charge is 0.492 e. The summed E-state index contributed by atoms with van der Waals surface area (Å²) in [5.74, 6) is 1.62. The van der Waals surface area contributed by atoms with Gasteiger partial charge < -0.3 is 10.5 Å². The Bertz CT molecular complexity index is 451. The van der Waals surface area contributed by atoms with Gasteiger partial charge in [-0.15, -0.1) is 0 Å². The van der Waals surface area contributed by atoms with Crippen LogP contribution in [0.15, 0.2) is 24.3 Å². The first-order chi connectivity index (χ1) is 9.67. The second-order valence-electron chi connectivity index (χ2n) is 8.46. The van der Waals surface area contributed by atoms with Gasteiger partial charge in [0.15, 0.2) is 0 Å². The molecule has 0 saturated heterocycles. The topological polar surface area (TPSA) is 35.2 Å².